The van der Waals surface area contributed by atoms with E-state index < -0.39 is 0 Å². The van der Waals surface area contributed by atoms with E-state index in [2.05, 4.69) is 32.9 Å². The highest BCUT2D eigenvalue weighted by molar-refractivity contribution is 14.0. The molecule has 1 fully saturated rings. The second-order valence-electron chi connectivity index (χ2n) is 8.31. The summed E-state index contributed by atoms with van der Waals surface area (Å²) in [4.78, 5) is 19.1. The summed E-state index contributed by atoms with van der Waals surface area (Å²) in [6, 6.07) is 22.4. The minimum absolute atomic E-state index is 0. The van der Waals surface area contributed by atoms with Gasteiger partial charge in [0.1, 0.15) is 0 Å². The predicted octanol–water partition coefficient (Wildman–Crippen LogP) is 3.64. The maximum absolute atomic E-state index is 12.4. The van der Waals surface area contributed by atoms with Gasteiger partial charge < -0.3 is 15.5 Å². The summed E-state index contributed by atoms with van der Waals surface area (Å²) in [7, 11) is 0. The minimum atomic E-state index is 0. The Hall–Kier alpha value is -2.88. The van der Waals surface area contributed by atoms with Gasteiger partial charge in [-0.25, -0.2) is 9.67 Å². The fraction of sp³-hybridized carbons (Fsp3) is 0.346. The Bertz CT molecular complexity index is 1050. The largest absolute Gasteiger partial charge is 0.357 e. The predicted molar refractivity (Wildman–Crippen MR) is 147 cm³/mol. The van der Waals surface area contributed by atoms with Crippen LogP contribution < -0.4 is 10.6 Å². The molecule has 2 N–H and O–H groups in total. The van der Waals surface area contributed by atoms with Gasteiger partial charge in [0.05, 0.1) is 17.9 Å². The Morgan fingerprint density at radius 1 is 1.06 bits per heavy atom. The van der Waals surface area contributed by atoms with Crippen molar-refractivity contribution in [2.75, 3.05) is 26.2 Å². The molecule has 1 atom stereocenters. The van der Waals surface area contributed by atoms with Crippen LogP contribution in [-0.2, 0) is 17.8 Å². The number of hydrogen-bond acceptors (Lipinski definition) is 3. The smallest absolute Gasteiger partial charge is 0.223 e. The average molecular weight is 572 g/mol. The first-order valence-corrected chi connectivity index (χ1v) is 11.6. The standard InChI is InChI=1S/C26H32N6O.HI/c1-2-27-26(29-19-23-14-16-32(30-23)24-11-7-4-8-12-24)28-18-22-17-25(33)31(20-22)15-13-21-9-5-3-6-10-21;/h3-12,14,16,22H,2,13,15,17-20H2,1H3,(H2,27,28,29);1H. The molecule has 8 heteroatoms. The number of para-hydroxylation sites is 1. The number of carbonyl (C=O) groups excluding carboxylic acids is 1. The first-order chi connectivity index (χ1) is 16.2. The highest BCUT2D eigenvalue weighted by Crippen LogP contribution is 2.17. The van der Waals surface area contributed by atoms with Gasteiger partial charge in [-0.2, -0.15) is 5.10 Å². The summed E-state index contributed by atoms with van der Waals surface area (Å²) in [6.45, 7) is 5.60. The number of nitrogens with one attached hydrogen (secondary N) is 2. The number of aliphatic imine (C=N–C) groups is 1. The van der Waals surface area contributed by atoms with E-state index in [1.54, 1.807) is 0 Å². The summed E-state index contributed by atoms with van der Waals surface area (Å²) in [5.41, 5.74) is 3.20. The van der Waals surface area contributed by atoms with Gasteiger partial charge in [-0.3, -0.25) is 4.79 Å². The Balaban J connectivity index is 0.00000324. The Morgan fingerprint density at radius 2 is 1.79 bits per heavy atom. The van der Waals surface area contributed by atoms with E-state index in [1.165, 1.54) is 5.56 Å². The van der Waals surface area contributed by atoms with Gasteiger partial charge in [-0.15, -0.1) is 24.0 Å². The number of hydrogen-bond donors (Lipinski definition) is 2. The lowest BCUT2D eigenvalue weighted by atomic mass is 10.1. The second kappa shape index (κ2) is 13.1. The van der Waals surface area contributed by atoms with Crippen LogP contribution in [0, 0.1) is 5.92 Å². The summed E-state index contributed by atoms with van der Waals surface area (Å²) < 4.78 is 1.86. The lowest BCUT2D eigenvalue weighted by Gasteiger charge is -2.18. The molecule has 4 rings (SSSR count). The van der Waals surface area contributed by atoms with Crippen LogP contribution in [0.2, 0.25) is 0 Å². The normalized spacial score (nSPS) is 15.8. The van der Waals surface area contributed by atoms with Crippen molar-refractivity contribution in [2.45, 2.75) is 26.3 Å². The quantitative estimate of drug-likeness (QED) is 0.234. The molecule has 1 amide bonds. The summed E-state index contributed by atoms with van der Waals surface area (Å²) in [6.07, 6.45) is 3.43. The van der Waals surface area contributed by atoms with Crippen molar-refractivity contribution in [2.24, 2.45) is 10.9 Å². The van der Waals surface area contributed by atoms with E-state index in [1.807, 2.05) is 77.3 Å². The first kappa shape index (κ1) is 25.7. The van der Waals surface area contributed by atoms with E-state index in [4.69, 9.17) is 0 Å². The van der Waals surface area contributed by atoms with Gasteiger partial charge in [-0.05, 0) is 37.1 Å². The molecule has 2 aromatic carbocycles. The van der Waals surface area contributed by atoms with Crippen LogP contribution in [0.1, 0.15) is 24.6 Å². The van der Waals surface area contributed by atoms with Gasteiger partial charge in [0.2, 0.25) is 5.91 Å². The van der Waals surface area contributed by atoms with Gasteiger partial charge >= 0.3 is 0 Å². The van der Waals surface area contributed by atoms with Gasteiger partial charge in [0, 0.05) is 44.7 Å². The van der Waals surface area contributed by atoms with Crippen LogP contribution in [0.3, 0.4) is 0 Å². The number of aromatic nitrogens is 2. The van der Waals surface area contributed by atoms with E-state index in [0.717, 1.165) is 49.9 Å². The molecule has 1 aliphatic heterocycles. The highest BCUT2D eigenvalue weighted by atomic mass is 127. The van der Waals surface area contributed by atoms with Crippen molar-refractivity contribution >= 4 is 35.8 Å². The van der Waals surface area contributed by atoms with E-state index in [9.17, 15) is 4.79 Å². The Morgan fingerprint density at radius 3 is 2.53 bits per heavy atom. The zero-order valence-corrected chi connectivity index (χ0v) is 21.9. The molecule has 0 bridgehead atoms. The number of rotatable bonds is 9. The molecule has 0 spiro atoms. The zero-order valence-electron chi connectivity index (χ0n) is 19.6. The number of nitrogens with zero attached hydrogens (tertiary/aromatic N) is 4. The molecular formula is C26H33IN6O. The van der Waals surface area contributed by atoms with E-state index >= 15 is 0 Å². The third-order valence-corrected chi connectivity index (χ3v) is 5.77. The Kier molecular flexibility index (Phi) is 9.93. The van der Waals surface area contributed by atoms with Crippen molar-refractivity contribution in [3.05, 3.63) is 84.2 Å². The zero-order chi connectivity index (χ0) is 22.9. The molecule has 34 heavy (non-hydrogen) atoms. The third-order valence-electron chi connectivity index (χ3n) is 5.77. The van der Waals surface area contributed by atoms with E-state index in [-0.39, 0.29) is 35.8 Å². The molecule has 1 saturated heterocycles. The number of amides is 1. The number of benzene rings is 2. The SMILES string of the molecule is CCNC(=NCc1ccn(-c2ccccc2)n1)NCC1CC(=O)N(CCc2ccccc2)C1.I. The highest BCUT2D eigenvalue weighted by Gasteiger charge is 2.29. The van der Waals surface area contributed by atoms with Crippen LogP contribution >= 0.6 is 24.0 Å². The maximum atomic E-state index is 12.4. The van der Waals surface area contributed by atoms with Crippen LogP contribution in [0.5, 0.6) is 0 Å². The summed E-state index contributed by atoms with van der Waals surface area (Å²) in [5.74, 6) is 1.28. The van der Waals surface area contributed by atoms with Crippen molar-refractivity contribution in [3.63, 3.8) is 0 Å². The van der Waals surface area contributed by atoms with Crippen LogP contribution in [-0.4, -0.2) is 52.7 Å². The molecule has 1 aliphatic rings. The number of guanidine groups is 1. The second-order valence-corrected chi connectivity index (χ2v) is 8.31. The van der Waals surface area contributed by atoms with Crippen molar-refractivity contribution in [1.82, 2.24) is 25.3 Å². The molecule has 1 unspecified atom stereocenters. The summed E-state index contributed by atoms with van der Waals surface area (Å²) >= 11 is 0. The first-order valence-electron chi connectivity index (χ1n) is 11.6. The van der Waals surface area contributed by atoms with Gasteiger partial charge in [0.25, 0.3) is 0 Å². The van der Waals surface area contributed by atoms with Crippen LogP contribution in [0.15, 0.2) is 77.9 Å². The third kappa shape index (κ3) is 7.31. The van der Waals surface area contributed by atoms with Crippen LogP contribution in [0.25, 0.3) is 5.69 Å². The molecule has 0 aliphatic carbocycles. The summed E-state index contributed by atoms with van der Waals surface area (Å²) in [5, 5.41) is 11.3. The fourth-order valence-corrected chi connectivity index (χ4v) is 4.03. The topological polar surface area (TPSA) is 74.5 Å². The average Bonchev–Trinajstić information content (AvgIpc) is 3.47. The molecule has 180 valence electrons. The number of carbonyl (C=O) groups is 1. The molecule has 0 radical (unpaired) electrons. The lowest BCUT2D eigenvalue weighted by molar-refractivity contribution is -0.127. The van der Waals surface area contributed by atoms with Crippen LogP contribution in [0.4, 0.5) is 0 Å². The molecule has 2 heterocycles. The molecule has 0 saturated carbocycles. The van der Waals surface area contributed by atoms with Gasteiger partial charge in [0.15, 0.2) is 5.96 Å². The maximum Gasteiger partial charge on any atom is 0.223 e. The van der Waals surface area contributed by atoms with Gasteiger partial charge in [-0.1, -0.05) is 48.5 Å². The monoisotopic (exact) mass is 572 g/mol. The Labute approximate surface area is 218 Å². The fourth-order valence-electron chi connectivity index (χ4n) is 4.03. The van der Waals surface area contributed by atoms with Crippen molar-refractivity contribution in [1.29, 1.82) is 0 Å². The number of halogens is 1. The molecular weight excluding hydrogens is 539 g/mol. The van der Waals surface area contributed by atoms with Crippen molar-refractivity contribution in [3.8, 4) is 5.69 Å². The molecule has 3 aromatic rings. The van der Waals surface area contributed by atoms with E-state index in [0.29, 0.717) is 13.0 Å². The molecule has 7 nitrogen and oxygen atoms in total. The minimum Gasteiger partial charge on any atom is -0.357 e. The van der Waals surface area contributed by atoms with Crippen molar-refractivity contribution < 1.29 is 4.79 Å². The lowest BCUT2D eigenvalue weighted by Crippen LogP contribution is -2.40. The molecule has 1 aromatic heterocycles. The number of likely N-dealkylation sites (tertiary alicyclic amines) is 1.